The van der Waals surface area contributed by atoms with Crippen LogP contribution in [-0.2, 0) is 20.8 Å². The van der Waals surface area contributed by atoms with Gasteiger partial charge in [-0.05, 0) is 0 Å². The molecule has 0 aliphatic heterocycles. The van der Waals surface area contributed by atoms with Crippen molar-refractivity contribution in [3.05, 3.63) is 12.4 Å². The number of ether oxygens (including phenoxy) is 3. The Morgan fingerprint density at radius 1 is 1.18 bits per heavy atom. The van der Waals surface area contributed by atoms with Crippen molar-refractivity contribution in [3.63, 3.8) is 0 Å². The van der Waals surface area contributed by atoms with Crippen molar-refractivity contribution >= 4 is 5.95 Å². The second kappa shape index (κ2) is 8.98. The normalized spacial score (nSPS) is 10.7. The summed E-state index contributed by atoms with van der Waals surface area (Å²) in [6.07, 6.45) is 3.69. The maximum absolute atomic E-state index is 5.34. The minimum Gasteiger partial charge on any atom is -0.383 e. The first-order chi connectivity index (χ1) is 8.38. The van der Waals surface area contributed by atoms with Gasteiger partial charge >= 0.3 is 0 Å². The molecule has 0 aromatic carbocycles. The van der Waals surface area contributed by atoms with Gasteiger partial charge in [0, 0.05) is 39.7 Å². The van der Waals surface area contributed by atoms with E-state index in [0.717, 1.165) is 19.0 Å². The van der Waals surface area contributed by atoms with Crippen molar-refractivity contribution in [1.29, 1.82) is 0 Å². The van der Waals surface area contributed by atoms with Crippen LogP contribution in [0.4, 0.5) is 5.95 Å². The monoisotopic (exact) mass is 243 g/mol. The molecule has 0 aliphatic carbocycles. The first kappa shape index (κ1) is 14.0. The lowest BCUT2D eigenvalue weighted by molar-refractivity contribution is 0.0758. The Labute approximate surface area is 102 Å². The summed E-state index contributed by atoms with van der Waals surface area (Å²) in [5.74, 6) is 0.845. The number of nitrogens with one attached hydrogen (secondary N) is 1. The number of nitrogens with zero attached hydrogens (tertiary/aromatic N) is 2. The molecule has 0 fully saturated rings. The van der Waals surface area contributed by atoms with Crippen LogP contribution in [-0.4, -0.2) is 56.7 Å². The first-order valence-electron chi connectivity index (χ1n) is 5.69. The standard InChI is InChI=1S/C11H21N3O3/c1-15-8-6-14-5-3-12-11(14)13-4-7-17-10-9-16-2/h3,5H,4,6-10H2,1-2H3,(H,12,13). The van der Waals surface area contributed by atoms with E-state index in [1.165, 1.54) is 0 Å². The summed E-state index contributed by atoms with van der Waals surface area (Å²) in [7, 11) is 3.35. The predicted molar refractivity (Wildman–Crippen MR) is 65.3 cm³/mol. The number of aromatic nitrogens is 2. The van der Waals surface area contributed by atoms with E-state index in [4.69, 9.17) is 14.2 Å². The Bertz CT molecular complexity index is 291. The highest BCUT2D eigenvalue weighted by molar-refractivity contribution is 5.25. The highest BCUT2D eigenvalue weighted by atomic mass is 16.5. The Morgan fingerprint density at radius 3 is 2.76 bits per heavy atom. The number of methoxy groups -OCH3 is 2. The zero-order valence-electron chi connectivity index (χ0n) is 10.5. The molecule has 1 N–H and O–H groups in total. The molecule has 1 heterocycles. The summed E-state index contributed by atoms with van der Waals surface area (Å²) >= 11 is 0. The molecule has 6 heteroatoms. The van der Waals surface area contributed by atoms with Crippen molar-refractivity contribution in [2.75, 3.05) is 52.5 Å². The maximum atomic E-state index is 5.34. The largest absolute Gasteiger partial charge is 0.383 e. The van der Waals surface area contributed by atoms with Gasteiger partial charge in [0.25, 0.3) is 0 Å². The number of hydrogen-bond acceptors (Lipinski definition) is 5. The van der Waals surface area contributed by atoms with Crippen LogP contribution < -0.4 is 5.32 Å². The van der Waals surface area contributed by atoms with Crippen molar-refractivity contribution in [2.45, 2.75) is 6.54 Å². The van der Waals surface area contributed by atoms with Crippen LogP contribution in [0.2, 0.25) is 0 Å². The third-order valence-electron chi connectivity index (χ3n) is 2.21. The summed E-state index contributed by atoms with van der Waals surface area (Å²) in [6.45, 7) is 4.09. The molecule has 1 rings (SSSR count). The number of anilines is 1. The van der Waals surface area contributed by atoms with E-state index in [0.29, 0.717) is 26.4 Å². The zero-order chi connectivity index (χ0) is 12.3. The van der Waals surface area contributed by atoms with E-state index in [1.807, 2.05) is 10.8 Å². The van der Waals surface area contributed by atoms with Gasteiger partial charge in [0.2, 0.25) is 5.95 Å². The number of rotatable bonds is 10. The van der Waals surface area contributed by atoms with Gasteiger partial charge in [-0.2, -0.15) is 0 Å². The van der Waals surface area contributed by atoms with Crippen LogP contribution >= 0.6 is 0 Å². The van der Waals surface area contributed by atoms with Gasteiger partial charge in [-0.15, -0.1) is 0 Å². The second-order valence-electron chi connectivity index (χ2n) is 3.47. The molecule has 0 radical (unpaired) electrons. The van der Waals surface area contributed by atoms with Crippen LogP contribution in [0.3, 0.4) is 0 Å². The molecular weight excluding hydrogens is 222 g/mol. The summed E-state index contributed by atoms with van der Waals surface area (Å²) in [4.78, 5) is 4.22. The molecule has 0 spiro atoms. The Morgan fingerprint density at radius 2 is 2.00 bits per heavy atom. The fourth-order valence-electron chi connectivity index (χ4n) is 1.33. The highest BCUT2D eigenvalue weighted by Gasteiger charge is 2.00. The van der Waals surface area contributed by atoms with E-state index < -0.39 is 0 Å². The third kappa shape index (κ3) is 5.67. The molecule has 6 nitrogen and oxygen atoms in total. The minimum absolute atomic E-state index is 0.621. The molecule has 0 saturated heterocycles. The van der Waals surface area contributed by atoms with Gasteiger partial charge in [-0.25, -0.2) is 4.98 Å². The molecule has 0 saturated carbocycles. The Balaban J connectivity index is 2.15. The Hall–Kier alpha value is -1.11. The lowest BCUT2D eigenvalue weighted by atomic mass is 10.6. The molecule has 0 bridgehead atoms. The van der Waals surface area contributed by atoms with Crippen LogP contribution in [0.15, 0.2) is 12.4 Å². The van der Waals surface area contributed by atoms with Gasteiger partial charge < -0.3 is 24.1 Å². The summed E-state index contributed by atoms with van der Waals surface area (Å²) < 4.78 is 17.3. The molecule has 98 valence electrons. The third-order valence-corrected chi connectivity index (χ3v) is 2.21. The predicted octanol–water partition coefficient (Wildman–Crippen LogP) is 0.604. The number of hydrogen-bond donors (Lipinski definition) is 1. The average Bonchev–Trinajstić information content (AvgIpc) is 2.78. The summed E-state index contributed by atoms with van der Waals surface area (Å²) in [6, 6.07) is 0. The van der Waals surface area contributed by atoms with Crippen LogP contribution in [0.25, 0.3) is 0 Å². The molecule has 1 aromatic heterocycles. The lowest BCUT2D eigenvalue weighted by Gasteiger charge is -2.09. The maximum Gasteiger partial charge on any atom is 0.202 e. The van der Waals surface area contributed by atoms with Gasteiger partial charge in [0.15, 0.2) is 0 Å². The van der Waals surface area contributed by atoms with E-state index in [1.54, 1.807) is 20.4 Å². The quantitative estimate of drug-likeness (QED) is 0.610. The van der Waals surface area contributed by atoms with Crippen molar-refractivity contribution in [2.24, 2.45) is 0 Å². The summed E-state index contributed by atoms with van der Waals surface area (Å²) in [5, 5.41) is 3.21. The minimum atomic E-state index is 0.621. The second-order valence-corrected chi connectivity index (χ2v) is 3.47. The lowest BCUT2D eigenvalue weighted by Crippen LogP contribution is -2.15. The summed E-state index contributed by atoms with van der Waals surface area (Å²) in [5.41, 5.74) is 0. The molecule has 17 heavy (non-hydrogen) atoms. The topological polar surface area (TPSA) is 57.5 Å². The van der Waals surface area contributed by atoms with Crippen LogP contribution in [0.1, 0.15) is 0 Å². The van der Waals surface area contributed by atoms with Crippen LogP contribution in [0, 0.1) is 0 Å². The number of imidazole rings is 1. The Kier molecular flexibility index (Phi) is 7.37. The van der Waals surface area contributed by atoms with Crippen molar-refractivity contribution in [1.82, 2.24) is 9.55 Å². The molecule has 1 aromatic rings. The molecule has 0 unspecified atom stereocenters. The van der Waals surface area contributed by atoms with E-state index in [9.17, 15) is 0 Å². The molecule has 0 atom stereocenters. The van der Waals surface area contributed by atoms with Crippen LogP contribution in [0.5, 0.6) is 0 Å². The molecular formula is C11H21N3O3. The van der Waals surface area contributed by atoms with E-state index >= 15 is 0 Å². The van der Waals surface area contributed by atoms with E-state index in [2.05, 4.69) is 10.3 Å². The van der Waals surface area contributed by atoms with Gasteiger partial charge in [0.05, 0.1) is 26.4 Å². The van der Waals surface area contributed by atoms with Crippen molar-refractivity contribution in [3.8, 4) is 0 Å². The smallest absolute Gasteiger partial charge is 0.202 e. The highest BCUT2D eigenvalue weighted by Crippen LogP contribution is 2.03. The zero-order valence-corrected chi connectivity index (χ0v) is 10.5. The van der Waals surface area contributed by atoms with E-state index in [-0.39, 0.29) is 0 Å². The van der Waals surface area contributed by atoms with Gasteiger partial charge in [-0.1, -0.05) is 0 Å². The molecule has 0 aliphatic rings. The fraction of sp³-hybridized carbons (Fsp3) is 0.727. The average molecular weight is 243 g/mol. The first-order valence-corrected chi connectivity index (χ1v) is 5.69. The fourth-order valence-corrected chi connectivity index (χ4v) is 1.33. The van der Waals surface area contributed by atoms with Crippen molar-refractivity contribution < 1.29 is 14.2 Å². The van der Waals surface area contributed by atoms with Gasteiger partial charge in [0.1, 0.15) is 0 Å². The molecule has 0 amide bonds. The SMILES string of the molecule is COCCOCCNc1nccn1CCOC. The van der Waals surface area contributed by atoms with Gasteiger partial charge in [-0.3, -0.25) is 0 Å².